The van der Waals surface area contributed by atoms with Gasteiger partial charge in [-0.05, 0) is 5.53 Å². The Morgan fingerprint density at radius 1 is 0.933 bits per heavy atom. The van der Waals surface area contributed by atoms with Crippen molar-refractivity contribution in [1.29, 1.82) is 0 Å². The Bertz CT molecular complexity index is 177. The van der Waals surface area contributed by atoms with Gasteiger partial charge in [-0.2, -0.15) is 0 Å². The van der Waals surface area contributed by atoms with Crippen molar-refractivity contribution in [3.8, 4) is 0 Å². The van der Waals surface area contributed by atoms with Crippen LogP contribution in [0.5, 0.6) is 0 Å². The third kappa shape index (κ3) is 13.1. The number of alkyl halides is 1. The summed E-state index contributed by atoms with van der Waals surface area (Å²) in [4.78, 5) is 2.58. The van der Waals surface area contributed by atoms with Gasteiger partial charge in [-0.15, -0.1) is 0 Å². The number of rotatable bonds is 11. The number of hydrogen-bond donors (Lipinski definition) is 0. The van der Waals surface area contributed by atoms with Crippen molar-refractivity contribution in [2.75, 3.05) is 52.9 Å². The molecule has 0 aromatic heterocycles. The zero-order chi connectivity index (χ0) is 11.2. The van der Waals surface area contributed by atoms with Crippen LogP contribution in [0.1, 0.15) is 0 Å². The molecule has 0 bridgehead atoms. The van der Waals surface area contributed by atoms with E-state index in [9.17, 15) is 4.39 Å². The molecule has 0 aromatic carbocycles. The van der Waals surface area contributed by atoms with Crippen LogP contribution in [-0.2, 0) is 14.2 Å². The van der Waals surface area contributed by atoms with Crippen molar-refractivity contribution in [2.45, 2.75) is 0 Å². The van der Waals surface area contributed by atoms with Crippen molar-refractivity contribution in [2.24, 2.45) is 5.11 Å². The highest BCUT2D eigenvalue weighted by Crippen LogP contribution is 1.82. The normalized spacial score (nSPS) is 9.93. The number of nitrogens with zero attached hydrogens (tertiary/aromatic N) is 3. The molecule has 0 spiro atoms. The topological polar surface area (TPSA) is 76.5 Å². The lowest BCUT2D eigenvalue weighted by Crippen LogP contribution is -2.11. The summed E-state index contributed by atoms with van der Waals surface area (Å²) in [6, 6.07) is 0. The van der Waals surface area contributed by atoms with Crippen LogP contribution in [0.25, 0.3) is 10.4 Å². The molecule has 0 heterocycles. The van der Waals surface area contributed by atoms with E-state index < -0.39 is 6.67 Å². The third-order valence-electron chi connectivity index (χ3n) is 1.36. The molecular weight excluding hydrogens is 204 g/mol. The summed E-state index contributed by atoms with van der Waals surface area (Å²) in [7, 11) is 0. The van der Waals surface area contributed by atoms with Gasteiger partial charge in [0, 0.05) is 11.5 Å². The van der Waals surface area contributed by atoms with Crippen molar-refractivity contribution in [3.05, 3.63) is 10.4 Å². The Morgan fingerprint density at radius 2 is 1.47 bits per heavy atom. The zero-order valence-electron chi connectivity index (χ0n) is 8.60. The van der Waals surface area contributed by atoms with E-state index in [-0.39, 0.29) is 6.61 Å². The van der Waals surface area contributed by atoms with Gasteiger partial charge in [0.1, 0.15) is 6.67 Å². The highest BCUT2D eigenvalue weighted by molar-refractivity contribution is 4.44. The van der Waals surface area contributed by atoms with E-state index in [2.05, 4.69) is 10.0 Å². The lowest BCUT2D eigenvalue weighted by atomic mass is 10.7. The maximum absolute atomic E-state index is 11.6. The molecule has 6 nitrogen and oxygen atoms in total. The van der Waals surface area contributed by atoms with Gasteiger partial charge < -0.3 is 14.2 Å². The van der Waals surface area contributed by atoms with Crippen molar-refractivity contribution < 1.29 is 18.6 Å². The second kappa shape index (κ2) is 13.1. The van der Waals surface area contributed by atoms with Crippen LogP contribution in [0, 0.1) is 0 Å². The lowest BCUT2D eigenvalue weighted by Gasteiger charge is -2.04. The van der Waals surface area contributed by atoms with Gasteiger partial charge in [0.05, 0.1) is 39.6 Å². The molecule has 0 amide bonds. The highest BCUT2D eigenvalue weighted by atomic mass is 18.2. The molecular formula is C8H16FN3O3. The number of azide groups is 1. The van der Waals surface area contributed by atoms with E-state index in [0.29, 0.717) is 39.6 Å². The highest BCUT2D eigenvalue weighted by Gasteiger charge is 1.90. The molecule has 0 rings (SSSR count). The van der Waals surface area contributed by atoms with E-state index in [0.717, 1.165) is 0 Å². The van der Waals surface area contributed by atoms with Crippen LogP contribution in [0.4, 0.5) is 4.39 Å². The maximum atomic E-state index is 11.6. The van der Waals surface area contributed by atoms with E-state index in [1.54, 1.807) is 0 Å². The SMILES string of the molecule is [N-]=[N+]=NCCOCCOCCOCC[18F]. The minimum absolute atomic E-state index is 0.117. The Balaban J connectivity index is 2.89. The summed E-state index contributed by atoms with van der Waals surface area (Å²) < 4.78 is 26.6. The molecule has 0 N–H and O–H groups in total. The summed E-state index contributed by atoms with van der Waals surface area (Å²) >= 11 is 0. The molecule has 0 saturated carbocycles. The quantitative estimate of drug-likeness (QED) is 0.228. The number of hydrogen-bond acceptors (Lipinski definition) is 4. The monoisotopic (exact) mass is 220 g/mol. The number of ether oxygens (including phenoxy) is 3. The molecule has 88 valence electrons. The number of halogens is 1. The van der Waals surface area contributed by atoms with Crippen molar-refractivity contribution in [3.63, 3.8) is 0 Å². The third-order valence-corrected chi connectivity index (χ3v) is 1.36. The lowest BCUT2D eigenvalue weighted by molar-refractivity contribution is 0.0137. The predicted octanol–water partition coefficient (Wildman–Crippen LogP) is 1.32. The first-order valence-electron chi connectivity index (χ1n) is 4.72. The van der Waals surface area contributed by atoms with Crippen LogP contribution in [-0.4, -0.2) is 52.9 Å². The molecule has 0 aliphatic heterocycles. The first-order valence-corrected chi connectivity index (χ1v) is 4.72. The largest absolute Gasteiger partial charge is 0.379 e. The average molecular weight is 220 g/mol. The second-order valence-corrected chi connectivity index (χ2v) is 2.48. The van der Waals surface area contributed by atoms with Crippen LogP contribution in [0.2, 0.25) is 0 Å². The fourth-order valence-electron chi connectivity index (χ4n) is 0.747. The molecule has 0 aromatic rings. The minimum Gasteiger partial charge on any atom is -0.379 e. The van der Waals surface area contributed by atoms with E-state index in [4.69, 9.17) is 19.7 Å². The summed E-state index contributed by atoms with van der Waals surface area (Å²) in [5.74, 6) is 0. The molecule has 0 saturated heterocycles. The van der Waals surface area contributed by atoms with Crippen LogP contribution >= 0.6 is 0 Å². The maximum Gasteiger partial charge on any atom is 0.113 e. The Kier molecular flexibility index (Phi) is 12.4. The van der Waals surface area contributed by atoms with Gasteiger partial charge in [0.2, 0.25) is 0 Å². The van der Waals surface area contributed by atoms with Gasteiger partial charge in [-0.25, -0.2) is 4.39 Å². The fourth-order valence-corrected chi connectivity index (χ4v) is 0.747. The molecule has 0 aliphatic carbocycles. The molecule has 0 fully saturated rings. The van der Waals surface area contributed by atoms with Crippen LogP contribution in [0.3, 0.4) is 0 Å². The minimum atomic E-state index is -0.470. The predicted molar refractivity (Wildman–Crippen MR) is 52.4 cm³/mol. The first kappa shape index (κ1) is 14.1. The molecule has 7 heteroatoms. The van der Waals surface area contributed by atoms with Crippen molar-refractivity contribution in [1.82, 2.24) is 0 Å². The van der Waals surface area contributed by atoms with E-state index in [1.165, 1.54) is 0 Å². The van der Waals surface area contributed by atoms with E-state index >= 15 is 0 Å². The fraction of sp³-hybridized carbons (Fsp3) is 1.00. The van der Waals surface area contributed by atoms with Crippen molar-refractivity contribution >= 4 is 0 Å². The summed E-state index contributed by atoms with van der Waals surface area (Å²) in [6.07, 6.45) is 0. The standard InChI is InChI=1S/C8H16FN3O3/c9-1-3-13-5-7-15-8-6-14-4-2-11-12-10/h1-8H2/i9-1. The second-order valence-electron chi connectivity index (χ2n) is 2.48. The Labute approximate surface area is 87.9 Å². The average Bonchev–Trinajstić information content (AvgIpc) is 2.26. The Hall–Kier alpha value is -0.880. The van der Waals surface area contributed by atoms with Gasteiger partial charge in [-0.3, -0.25) is 0 Å². The molecule has 15 heavy (non-hydrogen) atoms. The first-order chi connectivity index (χ1) is 7.41. The van der Waals surface area contributed by atoms with Crippen LogP contribution in [0.15, 0.2) is 5.11 Å². The molecule has 0 aliphatic rings. The summed E-state index contributed by atoms with van der Waals surface area (Å²) in [6.45, 7) is 2.10. The zero-order valence-corrected chi connectivity index (χ0v) is 8.60. The van der Waals surface area contributed by atoms with E-state index in [1.807, 2.05) is 0 Å². The van der Waals surface area contributed by atoms with Crippen LogP contribution < -0.4 is 0 Å². The molecule has 0 atom stereocenters. The van der Waals surface area contributed by atoms with Gasteiger partial charge in [-0.1, -0.05) is 5.11 Å². The van der Waals surface area contributed by atoms with Gasteiger partial charge >= 0.3 is 0 Å². The van der Waals surface area contributed by atoms with Gasteiger partial charge in [0.25, 0.3) is 0 Å². The smallest absolute Gasteiger partial charge is 0.113 e. The molecule has 0 unspecified atom stereocenters. The van der Waals surface area contributed by atoms with Gasteiger partial charge in [0.15, 0.2) is 0 Å². The Morgan fingerprint density at radius 3 is 2.00 bits per heavy atom. The molecule has 0 radical (unpaired) electrons. The summed E-state index contributed by atoms with van der Waals surface area (Å²) in [5.41, 5.74) is 7.95. The summed E-state index contributed by atoms with van der Waals surface area (Å²) in [5, 5.41) is 3.30.